The lowest BCUT2D eigenvalue weighted by atomic mass is 10.1. The van der Waals surface area contributed by atoms with Crippen molar-refractivity contribution in [1.82, 2.24) is 5.43 Å². The molecule has 0 bridgehead atoms. The zero-order valence-corrected chi connectivity index (χ0v) is 15.5. The van der Waals surface area contributed by atoms with Crippen LogP contribution in [0.2, 0.25) is 0 Å². The summed E-state index contributed by atoms with van der Waals surface area (Å²) in [6, 6.07) is 18.4. The molecule has 0 aromatic heterocycles. The minimum absolute atomic E-state index is 0.323. The second-order valence-corrected chi connectivity index (χ2v) is 6.45. The lowest BCUT2D eigenvalue weighted by Crippen LogP contribution is -2.17. The number of hydrogen-bond acceptors (Lipinski definition) is 4. The average molecular weight is 411 g/mol. The predicted molar refractivity (Wildman–Crippen MR) is 104 cm³/mol. The van der Waals surface area contributed by atoms with Crippen molar-refractivity contribution >= 4 is 44.8 Å². The summed E-state index contributed by atoms with van der Waals surface area (Å²) in [5.41, 5.74) is 3.56. The Morgan fingerprint density at radius 2 is 1.81 bits per heavy atom. The van der Waals surface area contributed by atoms with Crippen molar-refractivity contribution in [2.24, 2.45) is 5.10 Å². The minimum atomic E-state index is -0.429. The SMILES string of the molecule is CC(=O)Oc1ccc(Br)cc1/C=N\NC(=O)c1ccc2ccccc2c1. The van der Waals surface area contributed by atoms with Gasteiger partial charge in [-0.1, -0.05) is 46.3 Å². The van der Waals surface area contributed by atoms with Crippen molar-refractivity contribution in [1.29, 1.82) is 0 Å². The number of nitrogens with one attached hydrogen (secondary N) is 1. The number of ether oxygens (including phenoxy) is 1. The molecule has 0 saturated heterocycles. The number of nitrogens with zero attached hydrogens (tertiary/aromatic N) is 1. The predicted octanol–water partition coefficient (Wildman–Crippen LogP) is 4.29. The number of amides is 1. The molecule has 0 aliphatic rings. The Morgan fingerprint density at radius 3 is 2.58 bits per heavy atom. The first-order chi connectivity index (χ1) is 12.5. The Hall–Kier alpha value is -2.99. The van der Waals surface area contributed by atoms with E-state index in [1.807, 2.05) is 36.4 Å². The summed E-state index contributed by atoms with van der Waals surface area (Å²) in [6.07, 6.45) is 1.43. The van der Waals surface area contributed by atoms with E-state index in [-0.39, 0.29) is 5.91 Å². The van der Waals surface area contributed by atoms with Crippen LogP contribution in [0.1, 0.15) is 22.8 Å². The van der Waals surface area contributed by atoms with Gasteiger partial charge in [-0.2, -0.15) is 5.10 Å². The highest BCUT2D eigenvalue weighted by molar-refractivity contribution is 9.10. The monoisotopic (exact) mass is 410 g/mol. The molecule has 1 amide bonds. The van der Waals surface area contributed by atoms with Crippen molar-refractivity contribution in [3.8, 4) is 5.75 Å². The molecule has 0 spiro atoms. The lowest BCUT2D eigenvalue weighted by Gasteiger charge is -2.06. The average Bonchev–Trinajstić information content (AvgIpc) is 2.63. The first-order valence-corrected chi connectivity index (χ1v) is 8.62. The van der Waals surface area contributed by atoms with E-state index < -0.39 is 5.97 Å². The molecule has 130 valence electrons. The van der Waals surface area contributed by atoms with Crippen LogP contribution in [0.3, 0.4) is 0 Å². The van der Waals surface area contributed by atoms with E-state index in [9.17, 15) is 9.59 Å². The highest BCUT2D eigenvalue weighted by atomic mass is 79.9. The van der Waals surface area contributed by atoms with Gasteiger partial charge in [-0.05, 0) is 41.1 Å². The van der Waals surface area contributed by atoms with Crippen LogP contribution in [0.5, 0.6) is 5.75 Å². The number of carbonyl (C=O) groups excluding carboxylic acids is 2. The van der Waals surface area contributed by atoms with Gasteiger partial charge in [0.05, 0.1) is 6.21 Å². The normalized spacial score (nSPS) is 10.8. The van der Waals surface area contributed by atoms with Gasteiger partial charge in [0.2, 0.25) is 0 Å². The molecule has 0 saturated carbocycles. The smallest absolute Gasteiger partial charge is 0.308 e. The van der Waals surface area contributed by atoms with Crippen LogP contribution in [0.25, 0.3) is 10.8 Å². The maximum absolute atomic E-state index is 12.3. The van der Waals surface area contributed by atoms with Crippen molar-refractivity contribution in [3.63, 3.8) is 0 Å². The Labute approximate surface area is 158 Å². The molecule has 0 aliphatic heterocycles. The molecule has 5 nitrogen and oxygen atoms in total. The summed E-state index contributed by atoms with van der Waals surface area (Å²) in [4.78, 5) is 23.5. The van der Waals surface area contributed by atoms with Gasteiger partial charge in [-0.3, -0.25) is 9.59 Å². The topological polar surface area (TPSA) is 67.8 Å². The number of esters is 1. The summed E-state index contributed by atoms with van der Waals surface area (Å²) in [5, 5.41) is 6.01. The van der Waals surface area contributed by atoms with E-state index in [1.165, 1.54) is 13.1 Å². The van der Waals surface area contributed by atoms with Crippen LogP contribution in [-0.2, 0) is 4.79 Å². The molecule has 3 aromatic carbocycles. The largest absolute Gasteiger partial charge is 0.426 e. The minimum Gasteiger partial charge on any atom is -0.426 e. The summed E-state index contributed by atoms with van der Waals surface area (Å²) < 4.78 is 5.93. The number of rotatable bonds is 4. The van der Waals surface area contributed by atoms with Crippen LogP contribution < -0.4 is 10.2 Å². The molecule has 3 rings (SSSR count). The van der Waals surface area contributed by atoms with E-state index in [0.717, 1.165) is 15.2 Å². The molecule has 0 atom stereocenters. The summed E-state index contributed by atoms with van der Waals surface area (Å²) in [7, 11) is 0. The molecular formula is C20H15BrN2O3. The van der Waals surface area contributed by atoms with E-state index in [2.05, 4.69) is 26.5 Å². The van der Waals surface area contributed by atoms with E-state index in [0.29, 0.717) is 16.9 Å². The van der Waals surface area contributed by atoms with Crippen molar-refractivity contribution < 1.29 is 14.3 Å². The number of hydrazone groups is 1. The molecule has 0 fully saturated rings. The lowest BCUT2D eigenvalue weighted by molar-refractivity contribution is -0.131. The quantitative estimate of drug-likeness (QED) is 0.302. The van der Waals surface area contributed by atoms with Crippen LogP contribution in [-0.4, -0.2) is 18.1 Å². The Morgan fingerprint density at radius 1 is 1.04 bits per heavy atom. The highest BCUT2D eigenvalue weighted by Gasteiger charge is 2.07. The molecular weight excluding hydrogens is 396 g/mol. The summed E-state index contributed by atoms with van der Waals surface area (Å²) in [5.74, 6) is -0.386. The molecule has 0 aliphatic carbocycles. The first-order valence-electron chi connectivity index (χ1n) is 7.83. The zero-order chi connectivity index (χ0) is 18.5. The standard InChI is InChI=1S/C20H15BrN2O3/c1-13(24)26-19-9-8-18(21)11-17(19)12-22-23-20(25)16-7-6-14-4-2-3-5-15(14)10-16/h2-12H,1H3,(H,23,25)/b22-12-. The van der Waals surface area contributed by atoms with Crippen molar-refractivity contribution in [3.05, 3.63) is 76.3 Å². The molecule has 0 heterocycles. The molecule has 6 heteroatoms. The third kappa shape index (κ3) is 4.34. The van der Waals surface area contributed by atoms with Gasteiger partial charge in [-0.25, -0.2) is 5.43 Å². The van der Waals surface area contributed by atoms with Gasteiger partial charge >= 0.3 is 5.97 Å². The second-order valence-electron chi connectivity index (χ2n) is 5.54. The molecule has 0 unspecified atom stereocenters. The van der Waals surface area contributed by atoms with E-state index in [4.69, 9.17) is 4.74 Å². The van der Waals surface area contributed by atoms with E-state index in [1.54, 1.807) is 24.3 Å². The fourth-order valence-electron chi connectivity index (χ4n) is 2.42. The van der Waals surface area contributed by atoms with Gasteiger partial charge in [0.25, 0.3) is 5.91 Å². The van der Waals surface area contributed by atoms with Crippen LogP contribution in [0.4, 0.5) is 0 Å². The fraction of sp³-hybridized carbons (Fsp3) is 0.0500. The fourth-order valence-corrected chi connectivity index (χ4v) is 2.80. The van der Waals surface area contributed by atoms with Crippen molar-refractivity contribution in [2.75, 3.05) is 0 Å². The molecule has 1 N–H and O–H groups in total. The zero-order valence-electron chi connectivity index (χ0n) is 13.9. The second kappa shape index (κ2) is 7.93. The number of benzene rings is 3. The van der Waals surface area contributed by atoms with Gasteiger partial charge in [0.1, 0.15) is 5.75 Å². The number of fused-ring (bicyclic) bond motifs is 1. The Bertz CT molecular complexity index is 1010. The van der Waals surface area contributed by atoms with Crippen LogP contribution in [0.15, 0.2) is 70.2 Å². The number of hydrogen-bond donors (Lipinski definition) is 1. The third-order valence-corrected chi connectivity index (χ3v) is 4.10. The van der Waals surface area contributed by atoms with Gasteiger partial charge < -0.3 is 4.74 Å². The van der Waals surface area contributed by atoms with Crippen molar-refractivity contribution in [2.45, 2.75) is 6.92 Å². The molecule has 26 heavy (non-hydrogen) atoms. The van der Waals surface area contributed by atoms with Gasteiger partial charge in [0.15, 0.2) is 0 Å². The summed E-state index contributed by atoms with van der Waals surface area (Å²) in [6.45, 7) is 1.32. The maximum atomic E-state index is 12.3. The highest BCUT2D eigenvalue weighted by Crippen LogP contribution is 2.22. The number of carbonyl (C=O) groups is 2. The first kappa shape index (κ1) is 17.8. The summed E-state index contributed by atoms with van der Waals surface area (Å²) >= 11 is 3.35. The maximum Gasteiger partial charge on any atom is 0.308 e. The Balaban J connectivity index is 1.76. The molecule has 3 aromatic rings. The van der Waals surface area contributed by atoms with Gasteiger partial charge in [0, 0.05) is 22.5 Å². The van der Waals surface area contributed by atoms with Crippen LogP contribution in [0, 0.1) is 0 Å². The van der Waals surface area contributed by atoms with Crippen LogP contribution >= 0.6 is 15.9 Å². The van der Waals surface area contributed by atoms with Gasteiger partial charge in [-0.15, -0.1) is 0 Å². The number of halogens is 1. The Kier molecular flexibility index (Phi) is 5.43. The third-order valence-electron chi connectivity index (χ3n) is 3.61. The van der Waals surface area contributed by atoms with E-state index >= 15 is 0 Å². The molecule has 0 radical (unpaired) electrons.